The molecule has 12 heteroatoms. The lowest BCUT2D eigenvalue weighted by Crippen LogP contribution is -2.49. The zero-order valence-corrected chi connectivity index (χ0v) is 28.4. The molecule has 1 aliphatic rings. The van der Waals surface area contributed by atoms with Crippen LogP contribution in [0, 0.1) is 12.8 Å². The van der Waals surface area contributed by atoms with Gasteiger partial charge in [0, 0.05) is 54.8 Å². The first-order valence-corrected chi connectivity index (χ1v) is 17.4. The summed E-state index contributed by atoms with van der Waals surface area (Å²) in [6.45, 7) is 7.11. The van der Waals surface area contributed by atoms with Gasteiger partial charge < -0.3 is 20.5 Å². The van der Waals surface area contributed by atoms with Crippen LogP contribution in [-0.4, -0.2) is 66.5 Å². The molecule has 2 atom stereocenters. The van der Waals surface area contributed by atoms with E-state index < -0.39 is 12.1 Å². The van der Waals surface area contributed by atoms with Crippen molar-refractivity contribution in [3.8, 4) is 0 Å². The van der Waals surface area contributed by atoms with Gasteiger partial charge in [0.15, 0.2) is 0 Å². The fraction of sp³-hybridized carbons (Fsp3) is 0.389. The molecule has 0 bridgehead atoms. The second kappa shape index (κ2) is 14.9. The third kappa shape index (κ3) is 7.99. The highest BCUT2D eigenvalue weighted by atomic mass is 32.1. The zero-order chi connectivity index (χ0) is 33.6. The van der Waals surface area contributed by atoms with Crippen molar-refractivity contribution in [3.63, 3.8) is 0 Å². The molecular weight excluding hydrogens is 625 g/mol. The quantitative estimate of drug-likeness (QED) is 0.224. The molecule has 3 N–H and O–H groups in total. The van der Waals surface area contributed by atoms with Crippen molar-refractivity contribution in [2.24, 2.45) is 5.92 Å². The molecular formula is C36H42N8O3S. The van der Waals surface area contributed by atoms with Crippen LogP contribution < -0.4 is 10.6 Å². The minimum absolute atomic E-state index is 0.168. The molecule has 0 fully saturated rings. The third-order valence-corrected chi connectivity index (χ3v) is 9.41. The molecule has 0 aliphatic carbocycles. The average molecular weight is 667 g/mol. The summed E-state index contributed by atoms with van der Waals surface area (Å²) in [6, 6.07) is 16.7. The Morgan fingerprint density at radius 2 is 1.77 bits per heavy atom. The Hall–Kier alpha value is -4.84. The third-order valence-electron chi connectivity index (χ3n) is 8.56. The average Bonchev–Trinajstić information content (AvgIpc) is 3.80. The number of hydrogen-bond acceptors (Lipinski definition) is 7. The number of rotatable bonds is 7. The van der Waals surface area contributed by atoms with E-state index in [9.17, 15) is 14.4 Å². The van der Waals surface area contributed by atoms with E-state index in [1.807, 2.05) is 77.8 Å². The van der Waals surface area contributed by atoms with Crippen LogP contribution in [0.3, 0.4) is 0 Å². The van der Waals surface area contributed by atoms with Crippen LogP contribution in [-0.2, 0) is 29.0 Å². The van der Waals surface area contributed by atoms with E-state index in [4.69, 9.17) is 4.98 Å². The van der Waals surface area contributed by atoms with Crippen LogP contribution in [0.1, 0.15) is 77.4 Å². The van der Waals surface area contributed by atoms with Crippen molar-refractivity contribution in [1.82, 2.24) is 40.3 Å². The van der Waals surface area contributed by atoms with Crippen LogP contribution in [0.25, 0.3) is 10.9 Å². The minimum atomic E-state index is -0.803. The molecule has 6 rings (SSSR count). The Morgan fingerprint density at radius 3 is 2.58 bits per heavy atom. The molecule has 0 saturated heterocycles. The lowest BCUT2D eigenvalue weighted by Gasteiger charge is -2.27. The number of aromatic nitrogens is 5. The summed E-state index contributed by atoms with van der Waals surface area (Å²) >= 11 is 1.47. The minimum Gasteiger partial charge on any atom is -0.361 e. The molecule has 5 aromatic rings. The summed E-state index contributed by atoms with van der Waals surface area (Å²) < 4.78 is 1.81. The number of aromatic amines is 1. The first-order valence-electron chi connectivity index (χ1n) is 16.6. The highest BCUT2D eigenvalue weighted by molar-refractivity contribution is 7.09. The predicted octanol–water partition coefficient (Wildman–Crippen LogP) is 4.98. The number of benzene rings is 2. The molecule has 3 aromatic heterocycles. The Labute approximate surface area is 284 Å². The predicted molar refractivity (Wildman–Crippen MR) is 186 cm³/mol. The molecule has 1 aliphatic heterocycles. The Bertz CT molecular complexity index is 1880. The van der Waals surface area contributed by atoms with Crippen molar-refractivity contribution < 1.29 is 14.4 Å². The summed E-state index contributed by atoms with van der Waals surface area (Å²) in [4.78, 5) is 55.6. The molecule has 11 nitrogen and oxygen atoms in total. The van der Waals surface area contributed by atoms with Crippen molar-refractivity contribution in [2.75, 3.05) is 13.1 Å². The zero-order valence-electron chi connectivity index (χ0n) is 27.6. The number of carbonyl (C=O) groups is 3. The summed E-state index contributed by atoms with van der Waals surface area (Å²) in [7, 11) is 0. The number of thiazole rings is 1. The van der Waals surface area contributed by atoms with E-state index in [1.54, 1.807) is 4.90 Å². The van der Waals surface area contributed by atoms with Gasteiger partial charge in [-0.2, -0.15) is 5.10 Å². The Balaban J connectivity index is 1.27. The van der Waals surface area contributed by atoms with Gasteiger partial charge in [-0.15, -0.1) is 11.3 Å². The van der Waals surface area contributed by atoms with Crippen LogP contribution >= 0.6 is 11.3 Å². The van der Waals surface area contributed by atoms with Gasteiger partial charge in [0.1, 0.15) is 23.4 Å². The first-order chi connectivity index (χ1) is 23.2. The summed E-state index contributed by atoms with van der Waals surface area (Å²) in [5.74, 6) is 0.779. The highest BCUT2D eigenvalue weighted by Crippen LogP contribution is 2.23. The molecule has 4 heterocycles. The number of para-hydroxylation sites is 1. The van der Waals surface area contributed by atoms with E-state index in [-0.39, 0.29) is 30.1 Å². The van der Waals surface area contributed by atoms with Gasteiger partial charge in [0.25, 0.3) is 5.91 Å². The van der Waals surface area contributed by atoms with Crippen LogP contribution in [0.15, 0.2) is 66.2 Å². The standard InChI is InChI=1S/C36H42N8O3S/c1-23(2)18-29-34-38-24(3)42-44(34)17-16-43(36(47)31-22-48-33(40-31)19-25-10-5-4-6-11-25)15-9-14-32(45)39-30(35(46)41-29)20-26-21-37-28-13-8-7-12-27(26)28/h4-8,10-13,21-23,29-30,37H,9,14-20H2,1-3H3,(H,39,45)(H,41,46)/t29-,30+/m0/s1. The summed E-state index contributed by atoms with van der Waals surface area (Å²) in [5, 5.41) is 14.6. The maximum absolute atomic E-state index is 14.0. The number of carbonyl (C=O) groups excluding carboxylic acids is 3. The van der Waals surface area contributed by atoms with Gasteiger partial charge in [0.05, 0.1) is 17.6 Å². The van der Waals surface area contributed by atoms with E-state index >= 15 is 0 Å². The van der Waals surface area contributed by atoms with Crippen LogP contribution in [0.5, 0.6) is 0 Å². The first kappa shape index (κ1) is 33.1. The van der Waals surface area contributed by atoms with Gasteiger partial charge in [-0.3, -0.25) is 14.4 Å². The smallest absolute Gasteiger partial charge is 0.273 e. The SMILES string of the molecule is Cc1nc2n(n1)CCN(C(=O)c1csc(Cc3ccccc3)n1)CCCC(=O)N[C@H](Cc1c[nH]c3ccccc13)C(=O)N[C@H]2CC(C)C. The molecule has 48 heavy (non-hydrogen) atoms. The second-order valence-corrected chi connectivity index (χ2v) is 13.7. The molecule has 0 radical (unpaired) electrons. The number of nitrogens with zero attached hydrogens (tertiary/aromatic N) is 5. The van der Waals surface area contributed by atoms with Gasteiger partial charge in [-0.05, 0) is 42.9 Å². The van der Waals surface area contributed by atoms with E-state index in [0.717, 1.165) is 27.0 Å². The van der Waals surface area contributed by atoms with E-state index in [0.29, 0.717) is 62.7 Å². The van der Waals surface area contributed by atoms with Crippen LogP contribution in [0.4, 0.5) is 0 Å². The van der Waals surface area contributed by atoms with Crippen molar-refractivity contribution in [3.05, 3.63) is 99.7 Å². The molecule has 0 spiro atoms. The molecule has 0 saturated carbocycles. The van der Waals surface area contributed by atoms with E-state index in [1.165, 1.54) is 11.3 Å². The summed E-state index contributed by atoms with van der Waals surface area (Å²) in [5.41, 5.74) is 3.45. The monoisotopic (exact) mass is 666 g/mol. The fourth-order valence-electron chi connectivity index (χ4n) is 6.25. The number of H-pyrrole nitrogens is 1. The largest absolute Gasteiger partial charge is 0.361 e. The van der Waals surface area contributed by atoms with Crippen molar-refractivity contribution in [2.45, 2.75) is 71.5 Å². The number of nitrogens with one attached hydrogen (secondary N) is 3. The normalized spacial score (nSPS) is 18.0. The molecule has 2 aromatic carbocycles. The Kier molecular flexibility index (Phi) is 10.3. The lowest BCUT2D eigenvalue weighted by molar-refractivity contribution is -0.129. The maximum atomic E-state index is 14.0. The Morgan fingerprint density at radius 1 is 0.979 bits per heavy atom. The molecule has 0 unspecified atom stereocenters. The lowest BCUT2D eigenvalue weighted by atomic mass is 10.0. The van der Waals surface area contributed by atoms with Gasteiger partial charge >= 0.3 is 0 Å². The number of hydrogen-bond donors (Lipinski definition) is 3. The fourth-order valence-corrected chi connectivity index (χ4v) is 7.05. The van der Waals surface area contributed by atoms with Gasteiger partial charge in [-0.25, -0.2) is 14.6 Å². The number of fused-ring (bicyclic) bond motifs is 2. The van der Waals surface area contributed by atoms with Crippen molar-refractivity contribution in [1.29, 1.82) is 0 Å². The topological polar surface area (TPSA) is 138 Å². The number of aryl methyl sites for hydroxylation is 1. The van der Waals surface area contributed by atoms with Crippen molar-refractivity contribution >= 4 is 40.0 Å². The number of amides is 3. The molecule has 250 valence electrons. The van der Waals surface area contributed by atoms with Gasteiger partial charge in [-0.1, -0.05) is 62.4 Å². The second-order valence-electron chi connectivity index (χ2n) is 12.8. The van der Waals surface area contributed by atoms with Crippen LogP contribution in [0.2, 0.25) is 0 Å². The molecule has 3 amide bonds. The van der Waals surface area contributed by atoms with Gasteiger partial charge in [0.2, 0.25) is 11.8 Å². The maximum Gasteiger partial charge on any atom is 0.273 e. The van der Waals surface area contributed by atoms with E-state index in [2.05, 4.69) is 39.5 Å². The summed E-state index contributed by atoms with van der Waals surface area (Å²) in [6.07, 6.45) is 4.10. The highest BCUT2D eigenvalue weighted by Gasteiger charge is 2.29.